The van der Waals surface area contributed by atoms with Crippen LogP contribution in [0.4, 0.5) is 0 Å². The van der Waals surface area contributed by atoms with Gasteiger partial charge in [-0.2, -0.15) is 5.26 Å². The summed E-state index contributed by atoms with van der Waals surface area (Å²) < 4.78 is 14.7. The smallest absolute Gasteiger partial charge is 0.323 e. The Morgan fingerprint density at radius 3 is 2.44 bits per heavy atom. The molecule has 0 aromatic carbocycles. The molecule has 0 saturated carbocycles. The first-order valence-electron chi connectivity index (χ1n) is 7.97. The normalized spacial score (nSPS) is 11.6. The molecule has 140 valence electrons. The van der Waals surface area contributed by atoms with Gasteiger partial charge in [-0.3, -0.25) is 9.59 Å². The Hall–Kier alpha value is -2.40. The molecule has 0 aliphatic heterocycles. The molecule has 8 nitrogen and oxygen atoms in total. The summed E-state index contributed by atoms with van der Waals surface area (Å²) in [5, 5.41) is 9.03. The number of ketones is 1. The molecule has 0 aliphatic rings. The molecule has 0 bridgehead atoms. The van der Waals surface area contributed by atoms with E-state index in [0.29, 0.717) is 13.2 Å². The van der Waals surface area contributed by atoms with E-state index in [1.54, 1.807) is 19.4 Å². The van der Waals surface area contributed by atoms with E-state index < -0.39 is 17.9 Å². The van der Waals surface area contributed by atoms with Crippen molar-refractivity contribution in [2.24, 2.45) is 5.92 Å². The highest BCUT2D eigenvalue weighted by atomic mass is 16.6. The average molecular weight is 354 g/mol. The van der Waals surface area contributed by atoms with E-state index in [-0.39, 0.29) is 38.3 Å². The van der Waals surface area contributed by atoms with Gasteiger partial charge in [0.1, 0.15) is 24.9 Å². The van der Waals surface area contributed by atoms with E-state index in [2.05, 4.69) is 0 Å². The Morgan fingerprint density at radius 1 is 1.16 bits per heavy atom. The minimum absolute atomic E-state index is 0.00544. The van der Waals surface area contributed by atoms with E-state index >= 15 is 0 Å². The fraction of sp³-hybridized carbons (Fsp3) is 0.647. The number of Topliss-reactive ketones (excluding diaryl/α,β-unsaturated/α-hetero) is 1. The van der Waals surface area contributed by atoms with Gasteiger partial charge in [0.25, 0.3) is 0 Å². The molecule has 25 heavy (non-hydrogen) atoms. The van der Waals surface area contributed by atoms with Crippen molar-refractivity contribution in [1.29, 1.82) is 5.26 Å². The fourth-order valence-electron chi connectivity index (χ4n) is 1.64. The fourth-order valence-corrected chi connectivity index (χ4v) is 1.64. The van der Waals surface area contributed by atoms with Crippen LogP contribution in [0.15, 0.2) is 12.3 Å². The van der Waals surface area contributed by atoms with E-state index in [1.807, 2.05) is 18.0 Å². The molecule has 1 unspecified atom stereocenters. The predicted molar refractivity (Wildman–Crippen MR) is 89.2 cm³/mol. The van der Waals surface area contributed by atoms with Gasteiger partial charge in [-0.05, 0) is 19.5 Å². The zero-order valence-electron chi connectivity index (χ0n) is 15.0. The molecule has 0 radical (unpaired) electrons. The van der Waals surface area contributed by atoms with Crippen molar-refractivity contribution in [2.45, 2.75) is 26.2 Å². The largest absolute Gasteiger partial charge is 0.462 e. The van der Waals surface area contributed by atoms with Crippen molar-refractivity contribution in [2.75, 3.05) is 40.5 Å². The van der Waals surface area contributed by atoms with Crippen molar-refractivity contribution in [3.05, 3.63) is 12.3 Å². The molecule has 0 N–H and O–H groups in total. The zero-order chi connectivity index (χ0) is 19.1. The molecule has 0 spiro atoms. The number of esters is 2. The Balaban J connectivity index is 4.01. The number of nitriles is 1. The second-order valence-corrected chi connectivity index (χ2v) is 5.37. The molecule has 0 amide bonds. The first-order chi connectivity index (χ1) is 11.9. The zero-order valence-corrected chi connectivity index (χ0v) is 15.0. The topological polar surface area (TPSA) is 106 Å². The van der Waals surface area contributed by atoms with Crippen LogP contribution in [0.25, 0.3) is 0 Å². The lowest BCUT2D eigenvalue weighted by atomic mass is 10.1. The van der Waals surface area contributed by atoms with Gasteiger partial charge in [0, 0.05) is 27.1 Å². The molecule has 0 aromatic heterocycles. The highest BCUT2D eigenvalue weighted by Gasteiger charge is 2.18. The van der Waals surface area contributed by atoms with Crippen LogP contribution in [-0.2, 0) is 28.6 Å². The number of rotatable bonds is 13. The summed E-state index contributed by atoms with van der Waals surface area (Å²) in [6.45, 7) is 2.44. The summed E-state index contributed by atoms with van der Waals surface area (Å²) in [5.41, 5.74) is 0. The second kappa shape index (κ2) is 14.0. The molecule has 1 atom stereocenters. The third-order valence-corrected chi connectivity index (χ3v) is 3.09. The van der Waals surface area contributed by atoms with Crippen molar-refractivity contribution < 1.29 is 28.6 Å². The monoisotopic (exact) mass is 354 g/mol. The maximum Gasteiger partial charge on any atom is 0.323 e. The average Bonchev–Trinajstić information content (AvgIpc) is 2.58. The van der Waals surface area contributed by atoms with Gasteiger partial charge in [0.05, 0.1) is 19.1 Å². The number of likely N-dealkylation sites (N-methyl/N-ethyl adjacent to an activating group) is 1. The van der Waals surface area contributed by atoms with Crippen LogP contribution in [0.1, 0.15) is 26.2 Å². The Labute approximate surface area is 148 Å². The highest BCUT2D eigenvalue weighted by molar-refractivity contribution is 5.81. The van der Waals surface area contributed by atoms with Gasteiger partial charge < -0.3 is 23.9 Å². The maximum atomic E-state index is 11.8. The number of methoxy groups -OCH3 is 1. The van der Waals surface area contributed by atoms with Gasteiger partial charge in [-0.1, -0.05) is 6.08 Å². The summed E-state index contributed by atoms with van der Waals surface area (Å²) in [7, 11) is 3.47. The van der Waals surface area contributed by atoms with E-state index in [1.165, 1.54) is 6.92 Å². The number of carbonyl (C=O) groups excluding carboxylic acids is 3. The number of hydrogen-bond acceptors (Lipinski definition) is 8. The molecular formula is C17H26N2O6. The summed E-state index contributed by atoms with van der Waals surface area (Å²) >= 11 is 0. The SMILES string of the molecule is COCCN(C)C=CCC(C#N)C(=O)OCCOC(=O)CCC(C)=O. The first kappa shape index (κ1) is 22.6. The lowest BCUT2D eigenvalue weighted by Gasteiger charge is -2.13. The van der Waals surface area contributed by atoms with E-state index in [4.69, 9.17) is 19.5 Å². The lowest BCUT2D eigenvalue weighted by molar-refractivity contribution is -0.154. The van der Waals surface area contributed by atoms with E-state index in [9.17, 15) is 14.4 Å². The van der Waals surface area contributed by atoms with Crippen LogP contribution in [0, 0.1) is 17.2 Å². The minimum Gasteiger partial charge on any atom is -0.462 e. The molecule has 0 rings (SSSR count). The molecule has 0 heterocycles. The number of allylic oxidation sites excluding steroid dienone is 1. The van der Waals surface area contributed by atoms with Crippen LogP contribution in [-0.4, -0.2) is 63.1 Å². The van der Waals surface area contributed by atoms with Gasteiger partial charge in [0.2, 0.25) is 0 Å². The molecule has 0 fully saturated rings. The Kier molecular flexibility index (Phi) is 12.6. The maximum absolute atomic E-state index is 11.8. The third kappa shape index (κ3) is 12.7. The van der Waals surface area contributed by atoms with E-state index in [0.717, 1.165) is 0 Å². The quantitative estimate of drug-likeness (QED) is 0.357. The Bertz CT molecular complexity index is 498. The highest BCUT2D eigenvalue weighted by Crippen LogP contribution is 2.06. The predicted octanol–water partition coefficient (Wildman–Crippen LogP) is 1.06. The molecule has 0 aromatic rings. The lowest BCUT2D eigenvalue weighted by Crippen LogP contribution is -2.20. The van der Waals surface area contributed by atoms with Crippen LogP contribution in [0.3, 0.4) is 0 Å². The minimum atomic E-state index is -0.916. The van der Waals surface area contributed by atoms with Gasteiger partial charge in [-0.25, -0.2) is 0 Å². The molecule has 8 heteroatoms. The van der Waals surface area contributed by atoms with Gasteiger partial charge in [0.15, 0.2) is 0 Å². The summed E-state index contributed by atoms with van der Waals surface area (Å²) in [6.07, 6.45) is 3.84. The van der Waals surface area contributed by atoms with Crippen LogP contribution in [0.2, 0.25) is 0 Å². The standard InChI is InChI=1S/C17H26N2O6/c1-14(20)6-7-16(21)24-11-12-25-17(22)15(13-18)5-4-8-19(2)9-10-23-3/h4,8,15H,5-7,9-12H2,1-3H3. The number of ether oxygens (including phenoxy) is 3. The second-order valence-electron chi connectivity index (χ2n) is 5.37. The van der Waals surface area contributed by atoms with Crippen molar-refractivity contribution in [3.8, 4) is 6.07 Å². The van der Waals surface area contributed by atoms with Crippen LogP contribution >= 0.6 is 0 Å². The van der Waals surface area contributed by atoms with Crippen molar-refractivity contribution in [3.63, 3.8) is 0 Å². The van der Waals surface area contributed by atoms with Gasteiger partial charge >= 0.3 is 11.9 Å². The van der Waals surface area contributed by atoms with Crippen molar-refractivity contribution >= 4 is 17.7 Å². The summed E-state index contributed by atoms with van der Waals surface area (Å²) in [4.78, 5) is 35.7. The van der Waals surface area contributed by atoms with Gasteiger partial charge in [-0.15, -0.1) is 0 Å². The third-order valence-electron chi connectivity index (χ3n) is 3.09. The number of nitrogens with zero attached hydrogens (tertiary/aromatic N) is 2. The van der Waals surface area contributed by atoms with Crippen LogP contribution < -0.4 is 0 Å². The Morgan fingerprint density at radius 2 is 1.84 bits per heavy atom. The summed E-state index contributed by atoms with van der Waals surface area (Å²) in [6, 6.07) is 1.89. The molecule has 0 aliphatic carbocycles. The van der Waals surface area contributed by atoms with Crippen molar-refractivity contribution in [1.82, 2.24) is 4.90 Å². The molecule has 0 saturated heterocycles. The van der Waals surface area contributed by atoms with Crippen LogP contribution in [0.5, 0.6) is 0 Å². The number of carbonyl (C=O) groups is 3. The number of hydrogen-bond donors (Lipinski definition) is 0. The first-order valence-corrected chi connectivity index (χ1v) is 7.97. The summed E-state index contributed by atoms with van der Waals surface area (Å²) in [5.74, 6) is -2.20. The molecular weight excluding hydrogens is 328 g/mol.